The van der Waals surface area contributed by atoms with Gasteiger partial charge in [0.05, 0.1) is 0 Å². The highest BCUT2D eigenvalue weighted by molar-refractivity contribution is 6.30. The third kappa shape index (κ3) is 5.53. The maximum atomic E-state index is 12.5. The van der Waals surface area contributed by atoms with Crippen LogP contribution in [0.2, 0.25) is 5.02 Å². The van der Waals surface area contributed by atoms with Crippen LogP contribution >= 0.6 is 11.6 Å². The lowest BCUT2D eigenvalue weighted by Gasteiger charge is -2.20. The zero-order valence-electron chi connectivity index (χ0n) is 14.9. The van der Waals surface area contributed by atoms with E-state index < -0.39 is 5.97 Å². The molecule has 1 saturated carbocycles. The molecule has 8 heteroatoms. The van der Waals surface area contributed by atoms with Crippen molar-refractivity contribution in [2.45, 2.75) is 51.0 Å². The number of amides is 1. The molecule has 1 heterocycles. The summed E-state index contributed by atoms with van der Waals surface area (Å²) in [6.45, 7) is -0.155. The van der Waals surface area contributed by atoms with Gasteiger partial charge in [0.2, 0.25) is 11.8 Å². The first-order chi connectivity index (χ1) is 13.0. The molecule has 1 N–H and O–H groups in total. The molecular weight excluding hydrogens is 370 g/mol. The summed E-state index contributed by atoms with van der Waals surface area (Å²) in [5, 5.41) is 13.7. The van der Waals surface area contributed by atoms with Crippen LogP contribution in [0.4, 0.5) is 0 Å². The molecule has 1 aromatic heterocycles. The number of aryl methyl sites for hydroxylation is 1. The monoisotopic (exact) mass is 391 g/mol. The molecule has 0 saturated heterocycles. The second kappa shape index (κ2) is 8.99. The SMILES string of the molecule is O=C(O)CN(Cc1ccc(Cl)cc1)C(=O)CCc1nc(C2CCCC2)no1. The van der Waals surface area contributed by atoms with Crippen LogP contribution < -0.4 is 0 Å². The molecule has 0 bridgehead atoms. The van der Waals surface area contributed by atoms with Crippen molar-refractivity contribution >= 4 is 23.5 Å². The van der Waals surface area contributed by atoms with Gasteiger partial charge < -0.3 is 14.5 Å². The maximum absolute atomic E-state index is 12.5. The van der Waals surface area contributed by atoms with Gasteiger partial charge in [-0.25, -0.2) is 0 Å². The number of nitrogens with zero attached hydrogens (tertiary/aromatic N) is 3. The number of carboxylic acids is 1. The molecular formula is C19H22ClN3O4. The molecule has 0 atom stereocenters. The summed E-state index contributed by atoms with van der Waals surface area (Å²) < 4.78 is 5.26. The van der Waals surface area contributed by atoms with E-state index in [1.807, 2.05) is 0 Å². The summed E-state index contributed by atoms with van der Waals surface area (Å²) in [7, 11) is 0. The zero-order chi connectivity index (χ0) is 19.2. The number of rotatable bonds is 8. The van der Waals surface area contributed by atoms with Crippen LogP contribution in [0, 0.1) is 0 Å². The number of carbonyl (C=O) groups is 2. The average molecular weight is 392 g/mol. The Balaban J connectivity index is 1.58. The number of carboxylic acid groups (broad SMARTS) is 1. The highest BCUT2D eigenvalue weighted by Crippen LogP contribution is 2.32. The minimum Gasteiger partial charge on any atom is -0.480 e. The van der Waals surface area contributed by atoms with Crippen molar-refractivity contribution in [2.75, 3.05) is 6.54 Å². The lowest BCUT2D eigenvalue weighted by molar-refractivity contribution is -0.144. The second-order valence-corrected chi connectivity index (χ2v) is 7.23. The number of hydrogen-bond acceptors (Lipinski definition) is 5. The quantitative estimate of drug-likeness (QED) is 0.740. The third-order valence-electron chi connectivity index (χ3n) is 4.72. The van der Waals surface area contributed by atoms with E-state index in [2.05, 4.69) is 10.1 Å². The van der Waals surface area contributed by atoms with Crippen LogP contribution in [0.15, 0.2) is 28.8 Å². The normalized spacial score (nSPS) is 14.4. The van der Waals surface area contributed by atoms with Crippen LogP contribution in [0.1, 0.15) is 55.3 Å². The number of benzene rings is 1. The number of aliphatic carboxylic acids is 1. The number of carbonyl (C=O) groups excluding carboxylic acids is 1. The minimum atomic E-state index is -1.06. The van der Waals surface area contributed by atoms with Gasteiger partial charge in [-0.2, -0.15) is 4.98 Å². The van der Waals surface area contributed by atoms with E-state index in [1.165, 1.54) is 17.7 Å². The topological polar surface area (TPSA) is 96.5 Å². The molecule has 7 nitrogen and oxygen atoms in total. The van der Waals surface area contributed by atoms with Crippen molar-refractivity contribution in [3.8, 4) is 0 Å². The third-order valence-corrected chi connectivity index (χ3v) is 4.97. The predicted molar refractivity (Wildman–Crippen MR) is 98.3 cm³/mol. The fourth-order valence-corrected chi connectivity index (χ4v) is 3.42. The Morgan fingerprint density at radius 2 is 1.93 bits per heavy atom. The molecule has 1 amide bonds. The van der Waals surface area contributed by atoms with Gasteiger partial charge in [-0.05, 0) is 30.5 Å². The smallest absolute Gasteiger partial charge is 0.323 e. The van der Waals surface area contributed by atoms with Gasteiger partial charge in [-0.15, -0.1) is 0 Å². The number of aromatic nitrogens is 2. The van der Waals surface area contributed by atoms with E-state index in [9.17, 15) is 9.59 Å². The van der Waals surface area contributed by atoms with Gasteiger partial charge in [0.25, 0.3) is 0 Å². The largest absolute Gasteiger partial charge is 0.480 e. The van der Waals surface area contributed by atoms with E-state index in [0.717, 1.165) is 24.2 Å². The van der Waals surface area contributed by atoms with Gasteiger partial charge in [-0.3, -0.25) is 9.59 Å². The first kappa shape index (κ1) is 19.4. The van der Waals surface area contributed by atoms with E-state index in [4.69, 9.17) is 21.2 Å². The second-order valence-electron chi connectivity index (χ2n) is 6.80. The summed E-state index contributed by atoms with van der Waals surface area (Å²) in [5.41, 5.74) is 0.815. The lowest BCUT2D eigenvalue weighted by atomic mass is 10.1. The summed E-state index contributed by atoms with van der Waals surface area (Å²) in [6.07, 6.45) is 4.93. The van der Waals surface area contributed by atoms with Crippen LogP contribution in [0.5, 0.6) is 0 Å². The van der Waals surface area contributed by atoms with E-state index >= 15 is 0 Å². The standard InChI is InChI=1S/C19H22ClN3O4/c20-15-7-5-13(6-8-15)11-23(12-18(25)26)17(24)10-9-16-21-19(22-27-16)14-3-1-2-4-14/h5-8,14H,1-4,9-12H2,(H,25,26). The summed E-state index contributed by atoms with van der Waals surface area (Å²) in [5.74, 6) is 0.170. The number of hydrogen-bond donors (Lipinski definition) is 1. The van der Waals surface area contributed by atoms with Gasteiger partial charge in [0.1, 0.15) is 6.54 Å². The van der Waals surface area contributed by atoms with Gasteiger partial charge in [0, 0.05) is 30.3 Å². The molecule has 3 rings (SSSR count). The maximum Gasteiger partial charge on any atom is 0.323 e. The van der Waals surface area contributed by atoms with E-state index in [1.54, 1.807) is 24.3 Å². The first-order valence-electron chi connectivity index (χ1n) is 9.08. The Kier molecular flexibility index (Phi) is 6.45. The van der Waals surface area contributed by atoms with Crippen molar-refractivity contribution < 1.29 is 19.2 Å². The molecule has 0 aliphatic heterocycles. The van der Waals surface area contributed by atoms with Crippen molar-refractivity contribution in [3.05, 3.63) is 46.6 Å². The van der Waals surface area contributed by atoms with Crippen LogP contribution in [0.25, 0.3) is 0 Å². The van der Waals surface area contributed by atoms with Crippen molar-refractivity contribution in [3.63, 3.8) is 0 Å². The fourth-order valence-electron chi connectivity index (χ4n) is 3.30. The summed E-state index contributed by atoms with van der Waals surface area (Å²) >= 11 is 5.86. The highest BCUT2D eigenvalue weighted by Gasteiger charge is 2.23. The van der Waals surface area contributed by atoms with Crippen molar-refractivity contribution in [2.24, 2.45) is 0 Å². The molecule has 0 unspecified atom stereocenters. The Labute approximate surface area is 162 Å². The molecule has 144 valence electrons. The Hall–Kier alpha value is -2.41. The highest BCUT2D eigenvalue weighted by atomic mass is 35.5. The molecule has 0 radical (unpaired) electrons. The van der Waals surface area contributed by atoms with Crippen LogP contribution in [-0.4, -0.2) is 38.6 Å². The molecule has 27 heavy (non-hydrogen) atoms. The van der Waals surface area contributed by atoms with Crippen LogP contribution in [-0.2, 0) is 22.6 Å². The summed E-state index contributed by atoms with van der Waals surface area (Å²) in [4.78, 5) is 29.4. The van der Waals surface area contributed by atoms with E-state index in [0.29, 0.717) is 23.3 Å². The fraction of sp³-hybridized carbons (Fsp3) is 0.474. The number of halogens is 1. The zero-order valence-corrected chi connectivity index (χ0v) is 15.7. The van der Waals surface area contributed by atoms with Crippen LogP contribution in [0.3, 0.4) is 0 Å². The lowest BCUT2D eigenvalue weighted by Crippen LogP contribution is -2.35. The van der Waals surface area contributed by atoms with Gasteiger partial charge in [0.15, 0.2) is 5.82 Å². The van der Waals surface area contributed by atoms with Crippen molar-refractivity contribution in [1.29, 1.82) is 0 Å². The molecule has 0 spiro atoms. The summed E-state index contributed by atoms with van der Waals surface area (Å²) in [6, 6.07) is 6.97. The molecule has 2 aromatic rings. The molecule has 1 aromatic carbocycles. The first-order valence-corrected chi connectivity index (χ1v) is 9.45. The Bertz CT molecular complexity index is 785. The van der Waals surface area contributed by atoms with E-state index in [-0.39, 0.29) is 25.4 Å². The predicted octanol–water partition coefficient (Wildman–Crippen LogP) is 3.43. The van der Waals surface area contributed by atoms with Gasteiger partial charge >= 0.3 is 5.97 Å². The van der Waals surface area contributed by atoms with Crippen molar-refractivity contribution in [1.82, 2.24) is 15.0 Å². The minimum absolute atomic E-state index is 0.118. The Morgan fingerprint density at radius 1 is 1.22 bits per heavy atom. The average Bonchev–Trinajstić information content (AvgIpc) is 3.32. The Morgan fingerprint density at radius 3 is 2.59 bits per heavy atom. The molecule has 1 aliphatic carbocycles. The molecule has 1 fully saturated rings. The molecule has 1 aliphatic rings. The van der Waals surface area contributed by atoms with Gasteiger partial charge in [-0.1, -0.05) is 41.7 Å².